The Morgan fingerprint density at radius 2 is 1.17 bits per heavy atom. The van der Waals surface area contributed by atoms with Gasteiger partial charge in [0.2, 0.25) is 0 Å². The largest absolute Gasteiger partial charge is 0.480 e. The Hall–Kier alpha value is -4.38. The van der Waals surface area contributed by atoms with E-state index in [4.69, 9.17) is 4.74 Å². The minimum Gasteiger partial charge on any atom is -0.480 e. The van der Waals surface area contributed by atoms with Gasteiger partial charge in [0.05, 0.1) is 0 Å². The maximum Gasteiger partial charge on any atom is 0.407 e. The van der Waals surface area contributed by atoms with Crippen LogP contribution in [0.15, 0.2) is 109 Å². The minimum atomic E-state index is -1.20. The SMILES string of the molecule is O=C(NC(C(=O)O)C(c1ccccc1)c1ccccc1)OCC1c2ccccc2-c2ccccc21. The zero-order valence-corrected chi connectivity index (χ0v) is 19.0. The summed E-state index contributed by atoms with van der Waals surface area (Å²) >= 11 is 0. The second kappa shape index (κ2) is 9.85. The van der Waals surface area contributed by atoms with Crippen molar-refractivity contribution < 1.29 is 19.4 Å². The molecule has 5 rings (SSSR count). The van der Waals surface area contributed by atoms with E-state index in [2.05, 4.69) is 17.4 Å². The van der Waals surface area contributed by atoms with E-state index in [-0.39, 0.29) is 12.5 Å². The van der Waals surface area contributed by atoms with Crippen LogP contribution in [0.25, 0.3) is 11.1 Å². The van der Waals surface area contributed by atoms with Crippen LogP contribution in [0.1, 0.15) is 34.1 Å². The Kier molecular flexibility index (Phi) is 6.31. The molecule has 5 heteroatoms. The van der Waals surface area contributed by atoms with Crippen molar-refractivity contribution in [2.24, 2.45) is 0 Å². The third kappa shape index (κ3) is 4.53. The van der Waals surface area contributed by atoms with Crippen LogP contribution in [0, 0.1) is 0 Å². The van der Waals surface area contributed by atoms with Crippen molar-refractivity contribution in [3.05, 3.63) is 131 Å². The van der Waals surface area contributed by atoms with Crippen molar-refractivity contribution in [1.82, 2.24) is 5.32 Å². The van der Waals surface area contributed by atoms with Gasteiger partial charge in [-0.1, -0.05) is 109 Å². The first kappa shape index (κ1) is 22.4. The summed E-state index contributed by atoms with van der Waals surface area (Å²) in [5.74, 6) is -1.80. The molecule has 5 nitrogen and oxygen atoms in total. The molecule has 1 unspecified atom stereocenters. The summed E-state index contributed by atoms with van der Waals surface area (Å²) in [6.07, 6.45) is -0.754. The van der Waals surface area contributed by atoms with Gasteiger partial charge in [-0.2, -0.15) is 0 Å². The number of carboxylic acids is 1. The van der Waals surface area contributed by atoms with Gasteiger partial charge < -0.3 is 15.2 Å². The number of fused-ring (bicyclic) bond motifs is 3. The van der Waals surface area contributed by atoms with Gasteiger partial charge in [-0.15, -0.1) is 0 Å². The van der Waals surface area contributed by atoms with Gasteiger partial charge in [0.1, 0.15) is 12.6 Å². The second-order valence-corrected chi connectivity index (χ2v) is 8.58. The number of aliphatic carboxylic acids is 1. The van der Waals surface area contributed by atoms with E-state index in [0.29, 0.717) is 0 Å². The van der Waals surface area contributed by atoms with Gasteiger partial charge in [-0.25, -0.2) is 9.59 Å². The number of amides is 1. The predicted molar refractivity (Wildman–Crippen MR) is 134 cm³/mol. The molecule has 0 aliphatic heterocycles. The van der Waals surface area contributed by atoms with Crippen molar-refractivity contribution in [1.29, 1.82) is 0 Å². The zero-order valence-electron chi connectivity index (χ0n) is 19.0. The number of rotatable bonds is 7. The number of carboxylic acid groups (broad SMARTS) is 1. The maximum absolute atomic E-state index is 12.9. The third-order valence-corrected chi connectivity index (χ3v) is 6.53. The van der Waals surface area contributed by atoms with Crippen molar-refractivity contribution >= 4 is 12.1 Å². The normalized spacial score (nSPS) is 13.1. The molecule has 1 amide bonds. The quantitative estimate of drug-likeness (QED) is 0.363. The van der Waals surface area contributed by atoms with Crippen LogP contribution in [0.2, 0.25) is 0 Å². The molecular formula is C30H25NO4. The summed E-state index contributed by atoms with van der Waals surface area (Å²) in [5.41, 5.74) is 6.06. The minimum absolute atomic E-state index is 0.101. The molecule has 1 aliphatic rings. The topological polar surface area (TPSA) is 75.6 Å². The van der Waals surface area contributed by atoms with E-state index in [1.807, 2.05) is 97.1 Å². The standard InChI is InChI=1S/C30H25NO4/c32-29(33)28(27(20-11-3-1-4-12-20)21-13-5-2-6-14-21)31-30(34)35-19-26-24-17-9-7-15-22(24)23-16-8-10-18-25(23)26/h1-18,26-28H,19H2,(H,31,34)(H,32,33). The van der Waals surface area contributed by atoms with Crippen LogP contribution in [0.5, 0.6) is 0 Å². The molecule has 0 saturated carbocycles. The fraction of sp³-hybridized carbons (Fsp3) is 0.133. The Morgan fingerprint density at radius 3 is 1.66 bits per heavy atom. The first-order valence-corrected chi connectivity index (χ1v) is 11.6. The number of benzene rings is 4. The number of hydrogen-bond donors (Lipinski definition) is 2. The lowest BCUT2D eigenvalue weighted by molar-refractivity contribution is -0.139. The molecule has 35 heavy (non-hydrogen) atoms. The van der Waals surface area contributed by atoms with Gasteiger partial charge in [0.25, 0.3) is 0 Å². The van der Waals surface area contributed by atoms with E-state index in [1.54, 1.807) is 0 Å². The lowest BCUT2D eigenvalue weighted by Crippen LogP contribution is -2.45. The van der Waals surface area contributed by atoms with Crippen LogP contribution >= 0.6 is 0 Å². The molecule has 0 spiro atoms. The fourth-order valence-electron chi connectivity index (χ4n) is 4.95. The molecule has 174 valence electrons. The molecular weight excluding hydrogens is 438 g/mol. The Labute approximate surface area is 204 Å². The summed E-state index contributed by atoms with van der Waals surface area (Å²) < 4.78 is 5.63. The van der Waals surface area contributed by atoms with Gasteiger partial charge in [0.15, 0.2) is 0 Å². The predicted octanol–water partition coefficient (Wildman–Crippen LogP) is 5.81. The van der Waals surface area contributed by atoms with Crippen molar-refractivity contribution in [3.8, 4) is 11.1 Å². The van der Waals surface area contributed by atoms with Gasteiger partial charge in [0, 0.05) is 11.8 Å². The van der Waals surface area contributed by atoms with Gasteiger partial charge in [-0.05, 0) is 33.4 Å². The van der Waals surface area contributed by atoms with Crippen LogP contribution < -0.4 is 5.32 Å². The second-order valence-electron chi connectivity index (χ2n) is 8.58. The molecule has 0 radical (unpaired) electrons. The first-order chi connectivity index (χ1) is 17.1. The molecule has 0 bridgehead atoms. The molecule has 2 N–H and O–H groups in total. The van der Waals surface area contributed by atoms with Crippen LogP contribution in [0.4, 0.5) is 4.79 Å². The number of hydrogen-bond acceptors (Lipinski definition) is 3. The molecule has 0 saturated heterocycles. The number of alkyl carbamates (subject to hydrolysis) is 1. The van der Waals surface area contributed by atoms with Crippen molar-refractivity contribution in [2.45, 2.75) is 17.9 Å². The lowest BCUT2D eigenvalue weighted by atomic mass is 9.85. The summed E-state index contributed by atoms with van der Waals surface area (Å²) in [7, 11) is 0. The van der Waals surface area contributed by atoms with Crippen molar-refractivity contribution in [3.63, 3.8) is 0 Å². The van der Waals surface area contributed by atoms with Crippen LogP contribution in [0.3, 0.4) is 0 Å². The van der Waals surface area contributed by atoms with E-state index in [9.17, 15) is 14.7 Å². The average molecular weight is 464 g/mol. The zero-order chi connectivity index (χ0) is 24.2. The smallest absolute Gasteiger partial charge is 0.407 e. The fourth-order valence-corrected chi connectivity index (χ4v) is 4.95. The average Bonchev–Trinajstić information content (AvgIpc) is 3.22. The molecule has 0 aromatic heterocycles. The lowest BCUT2D eigenvalue weighted by Gasteiger charge is -2.26. The number of ether oxygens (including phenoxy) is 1. The number of nitrogens with one attached hydrogen (secondary N) is 1. The van der Waals surface area contributed by atoms with Gasteiger partial charge >= 0.3 is 12.1 Å². The van der Waals surface area contributed by atoms with E-state index >= 15 is 0 Å². The summed E-state index contributed by atoms with van der Waals surface area (Å²) in [6, 6.07) is 33.6. The summed E-state index contributed by atoms with van der Waals surface area (Å²) in [5, 5.41) is 12.7. The molecule has 0 fully saturated rings. The van der Waals surface area contributed by atoms with Crippen LogP contribution in [-0.4, -0.2) is 29.8 Å². The van der Waals surface area contributed by atoms with E-state index < -0.39 is 24.0 Å². The third-order valence-electron chi connectivity index (χ3n) is 6.53. The molecule has 0 heterocycles. The van der Waals surface area contributed by atoms with E-state index in [0.717, 1.165) is 33.4 Å². The van der Waals surface area contributed by atoms with Crippen molar-refractivity contribution in [2.75, 3.05) is 6.61 Å². The number of carbonyl (C=O) groups is 2. The maximum atomic E-state index is 12.9. The Bertz CT molecular complexity index is 1250. The highest BCUT2D eigenvalue weighted by molar-refractivity contribution is 5.82. The molecule has 1 aliphatic carbocycles. The van der Waals surface area contributed by atoms with Crippen LogP contribution in [-0.2, 0) is 9.53 Å². The summed E-state index contributed by atoms with van der Waals surface area (Å²) in [4.78, 5) is 25.2. The highest BCUT2D eigenvalue weighted by Gasteiger charge is 2.34. The van der Waals surface area contributed by atoms with Gasteiger partial charge in [-0.3, -0.25) is 0 Å². The number of carbonyl (C=O) groups excluding carboxylic acids is 1. The highest BCUT2D eigenvalue weighted by atomic mass is 16.5. The molecule has 1 atom stereocenters. The Morgan fingerprint density at radius 1 is 0.714 bits per heavy atom. The highest BCUT2D eigenvalue weighted by Crippen LogP contribution is 2.44. The first-order valence-electron chi connectivity index (χ1n) is 11.6. The monoisotopic (exact) mass is 463 g/mol. The molecule has 4 aromatic carbocycles. The Balaban J connectivity index is 1.37. The summed E-state index contributed by atoms with van der Waals surface area (Å²) in [6.45, 7) is 0.119. The molecule has 4 aromatic rings. The van der Waals surface area contributed by atoms with E-state index in [1.165, 1.54) is 0 Å².